The van der Waals surface area contributed by atoms with Crippen LogP contribution in [0.15, 0.2) is 47.6 Å². The van der Waals surface area contributed by atoms with Crippen LogP contribution in [-0.4, -0.2) is 21.2 Å². The number of fused-ring (bicyclic) bond motifs is 1. The molecule has 3 rings (SSSR count). The molecule has 130 valence electrons. The number of nitrogens with zero attached hydrogens (tertiary/aromatic N) is 2. The highest BCUT2D eigenvalue weighted by Gasteiger charge is 2.15. The number of nitrogens with one attached hydrogen (secondary N) is 1. The molecule has 1 aromatic heterocycles. The molecule has 0 radical (unpaired) electrons. The SMILES string of the molecule is CC(C)n1c(SCC(=O)Nc2ccc(Cl)cc2)nc2cc(Cl)ccc21. The normalized spacial score (nSPS) is 11.2. The number of carbonyl (C=O) groups is 1. The molecule has 0 aliphatic rings. The Morgan fingerprint density at radius 1 is 1.16 bits per heavy atom. The second kappa shape index (κ2) is 7.68. The van der Waals surface area contributed by atoms with Crippen molar-refractivity contribution in [1.29, 1.82) is 0 Å². The Balaban J connectivity index is 1.75. The number of halogens is 2. The lowest BCUT2D eigenvalue weighted by Crippen LogP contribution is -2.14. The van der Waals surface area contributed by atoms with E-state index in [4.69, 9.17) is 23.2 Å². The van der Waals surface area contributed by atoms with Gasteiger partial charge in [-0.25, -0.2) is 4.98 Å². The zero-order chi connectivity index (χ0) is 18.0. The summed E-state index contributed by atoms with van der Waals surface area (Å²) in [4.78, 5) is 16.8. The van der Waals surface area contributed by atoms with Crippen molar-refractivity contribution in [3.05, 3.63) is 52.5 Å². The topological polar surface area (TPSA) is 46.9 Å². The Bertz CT molecular complexity index is 907. The van der Waals surface area contributed by atoms with Gasteiger partial charge in [-0.1, -0.05) is 35.0 Å². The van der Waals surface area contributed by atoms with E-state index in [0.29, 0.717) is 10.0 Å². The van der Waals surface area contributed by atoms with Crippen molar-refractivity contribution < 1.29 is 4.79 Å². The lowest BCUT2D eigenvalue weighted by atomic mass is 10.3. The summed E-state index contributed by atoms with van der Waals surface area (Å²) in [5.41, 5.74) is 2.57. The van der Waals surface area contributed by atoms with Crippen LogP contribution in [-0.2, 0) is 4.79 Å². The molecule has 0 unspecified atom stereocenters. The first-order valence-corrected chi connectivity index (χ1v) is 9.54. The number of rotatable bonds is 5. The van der Waals surface area contributed by atoms with E-state index < -0.39 is 0 Å². The van der Waals surface area contributed by atoms with Gasteiger partial charge in [-0.05, 0) is 56.3 Å². The van der Waals surface area contributed by atoms with Crippen molar-refractivity contribution in [3.8, 4) is 0 Å². The fraction of sp³-hybridized carbons (Fsp3) is 0.222. The monoisotopic (exact) mass is 393 g/mol. The molecule has 3 aromatic rings. The summed E-state index contributed by atoms with van der Waals surface area (Å²) in [6.45, 7) is 4.18. The molecule has 1 heterocycles. The first-order valence-electron chi connectivity index (χ1n) is 7.80. The number of carbonyl (C=O) groups excluding carboxylic acids is 1. The zero-order valence-electron chi connectivity index (χ0n) is 13.8. The van der Waals surface area contributed by atoms with Crippen molar-refractivity contribution in [3.63, 3.8) is 0 Å². The van der Waals surface area contributed by atoms with Crippen LogP contribution in [0.3, 0.4) is 0 Å². The van der Waals surface area contributed by atoms with Gasteiger partial charge in [0, 0.05) is 21.8 Å². The van der Waals surface area contributed by atoms with Crippen LogP contribution < -0.4 is 5.32 Å². The van der Waals surface area contributed by atoms with Crippen molar-refractivity contribution in [1.82, 2.24) is 9.55 Å². The van der Waals surface area contributed by atoms with Crippen LogP contribution in [0, 0.1) is 0 Å². The van der Waals surface area contributed by atoms with Crippen LogP contribution >= 0.6 is 35.0 Å². The number of benzene rings is 2. The zero-order valence-corrected chi connectivity index (χ0v) is 16.1. The molecule has 0 saturated heterocycles. The van der Waals surface area contributed by atoms with Crippen molar-refractivity contribution in [2.45, 2.75) is 25.0 Å². The van der Waals surface area contributed by atoms with E-state index in [1.807, 2.05) is 18.2 Å². The lowest BCUT2D eigenvalue weighted by molar-refractivity contribution is -0.113. The Morgan fingerprint density at radius 3 is 2.52 bits per heavy atom. The Labute approximate surface area is 160 Å². The largest absolute Gasteiger partial charge is 0.325 e. The Morgan fingerprint density at radius 2 is 1.84 bits per heavy atom. The molecule has 4 nitrogen and oxygen atoms in total. The quantitative estimate of drug-likeness (QED) is 0.569. The average molecular weight is 394 g/mol. The fourth-order valence-corrected chi connectivity index (χ4v) is 3.75. The highest BCUT2D eigenvalue weighted by molar-refractivity contribution is 7.99. The lowest BCUT2D eigenvalue weighted by Gasteiger charge is -2.12. The summed E-state index contributed by atoms with van der Waals surface area (Å²) < 4.78 is 2.12. The van der Waals surface area contributed by atoms with Crippen molar-refractivity contribution in [2.24, 2.45) is 0 Å². The van der Waals surface area contributed by atoms with Gasteiger partial charge in [0.1, 0.15) is 0 Å². The van der Waals surface area contributed by atoms with Gasteiger partial charge in [0.15, 0.2) is 5.16 Å². The van der Waals surface area contributed by atoms with Gasteiger partial charge >= 0.3 is 0 Å². The molecule has 0 fully saturated rings. The van der Waals surface area contributed by atoms with E-state index >= 15 is 0 Å². The average Bonchev–Trinajstić information content (AvgIpc) is 2.92. The van der Waals surface area contributed by atoms with Gasteiger partial charge in [0.05, 0.1) is 16.8 Å². The van der Waals surface area contributed by atoms with E-state index in [9.17, 15) is 4.79 Å². The number of thioether (sulfide) groups is 1. The van der Waals surface area contributed by atoms with Crippen LogP contribution in [0.25, 0.3) is 11.0 Å². The molecule has 0 atom stereocenters. The van der Waals surface area contributed by atoms with Gasteiger partial charge < -0.3 is 9.88 Å². The van der Waals surface area contributed by atoms with E-state index in [1.54, 1.807) is 24.3 Å². The number of hydrogen-bond donors (Lipinski definition) is 1. The van der Waals surface area contributed by atoms with Gasteiger partial charge in [0.2, 0.25) is 5.91 Å². The molecule has 0 spiro atoms. The predicted molar refractivity (Wildman–Crippen MR) is 106 cm³/mol. The molecular weight excluding hydrogens is 377 g/mol. The highest BCUT2D eigenvalue weighted by atomic mass is 35.5. The van der Waals surface area contributed by atoms with Crippen molar-refractivity contribution >= 4 is 57.6 Å². The third-order valence-corrected chi connectivity index (χ3v) is 5.04. The van der Waals surface area contributed by atoms with E-state index in [1.165, 1.54) is 11.8 Å². The molecule has 0 saturated carbocycles. The van der Waals surface area contributed by atoms with E-state index in [-0.39, 0.29) is 17.7 Å². The van der Waals surface area contributed by atoms with Crippen LogP contribution in [0.1, 0.15) is 19.9 Å². The number of hydrogen-bond acceptors (Lipinski definition) is 3. The molecule has 1 N–H and O–H groups in total. The Hall–Kier alpha value is -1.69. The van der Waals surface area contributed by atoms with Crippen LogP contribution in [0.5, 0.6) is 0 Å². The standard InChI is InChI=1S/C18H17Cl2N3OS/c1-11(2)23-16-8-5-13(20)9-15(16)22-18(23)25-10-17(24)21-14-6-3-12(19)4-7-14/h3-9,11H,10H2,1-2H3,(H,21,24). The van der Waals surface area contributed by atoms with Gasteiger partial charge in [-0.2, -0.15) is 0 Å². The minimum atomic E-state index is -0.0901. The second-order valence-corrected chi connectivity index (χ2v) is 7.65. The number of amides is 1. The molecule has 0 aliphatic heterocycles. The van der Waals surface area contributed by atoms with Crippen LogP contribution in [0.2, 0.25) is 10.0 Å². The number of aromatic nitrogens is 2. The first kappa shape index (κ1) is 18.1. The molecule has 0 bridgehead atoms. The third-order valence-electron chi connectivity index (χ3n) is 3.60. The molecule has 2 aromatic carbocycles. The third kappa shape index (κ3) is 4.29. The number of anilines is 1. The summed E-state index contributed by atoms with van der Waals surface area (Å²) in [6.07, 6.45) is 0. The molecule has 1 amide bonds. The van der Waals surface area contributed by atoms with Crippen LogP contribution in [0.4, 0.5) is 5.69 Å². The maximum Gasteiger partial charge on any atom is 0.234 e. The fourth-order valence-electron chi connectivity index (χ4n) is 2.51. The minimum Gasteiger partial charge on any atom is -0.325 e. The first-order chi connectivity index (χ1) is 11.9. The van der Waals surface area contributed by atoms with E-state index in [2.05, 4.69) is 28.7 Å². The van der Waals surface area contributed by atoms with E-state index in [0.717, 1.165) is 21.9 Å². The van der Waals surface area contributed by atoms with Gasteiger partial charge in [-0.3, -0.25) is 4.79 Å². The summed E-state index contributed by atoms with van der Waals surface area (Å²) >= 11 is 13.3. The summed E-state index contributed by atoms with van der Waals surface area (Å²) in [5.74, 6) is 0.180. The molecule has 25 heavy (non-hydrogen) atoms. The van der Waals surface area contributed by atoms with Gasteiger partial charge in [0.25, 0.3) is 0 Å². The van der Waals surface area contributed by atoms with Crippen molar-refractivity contribution in [2.75, 3.05) is 11.1 Å². The maximum absolute atomic E-state index is 12.2. The summed E-state index contributed by atoms with van der Waals surface area (Å²) in [5, 5.41) is 4.95. The summed E-state index contributed by atoms with van der Waals surface area (Å²) in [7, 11) is 0. The molecule has 0 aliphatic carbocycles. The molecular formula is C18H17Cl2N3OS. The second-order valence-electron chi connectivity index (χ2n) is 5.83. The number of imidazole rings is 1. The summed E-state index contributed by atoms with van der Waals surface area (Å²) in [6, 6.07) is 12.9. The van der Waals surface area contributed by atoms with Gasteiger partial charge in [-0.15, -0.1) is 0 Å². The maximum atomic E-state index is 12.2. The highest BCUT2D eigenvalue weighted by Crippen LogP contribution is 2.29. The molecule has 7 heteroatoms. The predicted octanol–water partition coefficient (Wildman–Crippen LogP) is 5.65. The smallest absolute Gasteiger partial charge is 0.234 e. The Kier molecular flexibility index (Phi) is 5.57. The minimum absolute atomic E-state index is 0.0901.